The molecule has 0 bridgehead atoms. The molecule has 2 fully saturated rings. The number of aromatic nitrogens is 2. The van der Waals surface area contributed by atoms with Gasteiger partial charge >= 0.3 is 0 Å². The molecule has 0 saturated carbocycles. The minimum Gasteiger partial charge on any atom is -0.496 e. The number of nitrogens with zero attached hydrogens (tertiary/aromatic N) is 3. The number of hydrogen-bond donors (Lipinski definition) is 2. The first kappa shape index (κ1) is 21.9. The minimum atomic E-state index is -0.173. The van der Waals surface area contributed by atoms with Gasteiger partial charge in [0.1, 0.15) is 5.75 Å². The molecule has 9 heteroatoms. The van der Waals surface area contributed by atoms with E-state index < -0.39 is 0 Å². The monoisotopic (exact) mass is 448 g/mol. The van der Waals surface area contributed by atoms with E-state index >= 15 is 0 Å². The molecule has 1 atom stereocenters. The molecular weight excluding hydrogens is 420 g/mol. The third-order valence-corrected chi connectivity index (χ3v) is 6.40. The van der Waals surface area contributed by atoms with E-state index in [4.69, 9.17) is 26.2 Å². The van der Waals surface area contributed by atoms with E-state index in [-0.39, 0.29) is 24.2 Å². The molecule has 1 aromatic carbocycles. The van der Waals surface area contributed by atoms with Gasteiger partial charge in [-0.2, -0.15) is 5.10 Å². The Balaban J connectivity index is 1.28. The zero-order valence-electron chi connectivity index (χ0n) is 17.7. The second-order valence-electron chi connectivity index (χ2n) is 8.27. The molecule has 31 heavy (non-hydrogen) atoms. The van der Waals surface area contributed by atoms with Crippen LogP contribution >= 0.6 is 11.6 Å². The quantitative estimate of drug-likeness (QED) is 0.676. The fraction of sp³-hybridized carbons (Fsp3) is 0.545. The van der Waals surface area contributed by atoms with Gasteiger partial charge in [0, 0.05) is 29.9 Å². The van der Waals surface area contributed by atoms with Crippen molar-refractivity contribution < 1.29 is 19.4 Å². The number of anilines is 1. The summed E-state index contributed by atoms with van der Waals surface area (Å²) >= 11 is 6.02. The van der Waals surface area contributed by atoms with Gasteiger partial charge in [-0.3, -0.25) is 9.48 Å². The normalized spacial score (nSPS) is 20.2. The van der Waals surface area contributed by atoms with E-state index in [1.165, 1.54) is 0 Å². The van der Waals surface area contributed by atoms with Crippen molar-refractivity contribution in [2.45, 2.75) is 43.9 Å². The van der Waals surface area contributed by atoms with Crippen molar-refractivity contribution in [2.75, 3.05) is 38.7 Å². The van der Waals surface area contributed by atoms with Crippen molar-refractivity contribution in [3.63, 3.8) is 0 Å². The first-order valence-electron chi connectivity index (χ1n) is 10.6. The Morgan fingerprint density at radius 1 is 1.42 bits per heavy atom. The lowest BCUT2D eigenvalue weighted by Crippen LogP contribution is -2.47. The van der Waals surface area contributed by atoms with Crippen LogP contribution in [-0.2, 0) is 22.5 Å². The van der Waals surface area contributed by atoms with Gasteiger partial charge < -0.3 is 24.8 Å². The number of nitrogens with one attached hydrogen (secondary N) is 1. The van der Waals surface area contributed by atoms with Crippen LogP contribution in [-0.4, -0.2) is 70.8 Å². The van der Waals surface area contributed by atoms with Crippen molar-refractivity contribution in [3.8, 4) is 5.75 Å². The number of aliphatic hydroxyl groups is 1. The summed E-state index contributed by atoms with van der Waals surface area (Å²) in [6, 6.07) is 5.59. The van der Waals surface area contributed by atoms with Crippen LogP contribution in [0.25, 0.3) is 0 Å². The number of hydrogen-bond acceptors (Lipinski definition) is 6. The maximum atomic E-state index is 12.8. The van der Waals surface area contributed by atoms with Crippen LogP contribution in [0.3, 0.4) is 0 Å². The summed E-state index contributed by atoms with van der Waals surface area (Å²) in [6.45, 7) is 2.57. The van der Waals surface area contributed by atoms with Crippen LogP contribution < -0.4 is 10.1 Å². The van der Waals surface area contributed by atoms with Gasteiger partial charge in [-0.05, 0) is 31.4 Å². The Morgan fingerprint density at radius 2 is 2.23 bits per heavy atom. The highest BCUT2D eigenvalue weighted by Gasteiger charge is 2.43. The van der Waals surface area contributed by atoms with Crippen molar-refractivity contribution >= 4 is 23.2 Å². The third-order valence-electron chi connectivity index (χ3n) is 6.16. The van der Waals surface area contributed by atoms with E-state index in [0.29, 0.717) is 43.4 Å². The number of benzene rings is 1. The van der Waals surface area contributed by atoms with Gasteiger partial charge in [0.05, 0.1) is 56.8 Å². The highest BCUT2D eigenvalue weighted by Crippen LogP contribution is 2.37. The van der Waals surface area contributed by atoms with Crippen molar-refractivity contribution in [2.24, 2.45) is 0 Å². The van der Waals surface area contributed by atoms with E-state index in [1.54, 1.807) is 30.1 Å². The van der Waals surface area contributed by atoms with Gasteiger partial charge in [-0.25, -0.2) is 0 Å². The third kappa shape index (κ3) is 5.14. The molecule has 0 aliphatic carbocycles. The van der Waals surface area contributed by atoms with Gasteiger partial charge in [0.15, 0.2) is 0 Å². The molecule has 0 radical (unpaired) electrons. The van der Waals surface area contributed by atoms with Crippen molar-refractivity contribution in [3.05, 3.63) is 41.2 Å². The van der Waals surface area contributed by atoms with Crippen LogP contribution in [0.15, 0.2) is 30.6 Å². The molecule has 2 aromatic rings. The smallest absolute Gasteiger partial charge is 0.227 e. The minimum absolute atomic E-state index is 0.0663. The largest absolute Gasteiger partial charge is 0.496 e. The average Bonchev–Trinajstić information content (AvgIpc) is 3.37. The first-order chi connectivity index (χ1) is 15.0. The predicted molar refractivity (Wildman–Crippen MR) is 118 cm³/mol. The van der Waals surface area contributed by atoms with Gasteiger partial charge in [-0.15, -0.1) is 0 Å². The number of rotatable bonds is 7. The number of carbonyl (C=O) groups is 1. The lowest BCUT2D eigenvalue weighted by Gasteiger charge is -2.38. The molecule has 2 aliphatic heterocycles. The molecule has 1 spiro atoms. The summed E-state index contributed by atoms with van der Waals surface area (Å²) in [6.07, 6.45) is 6.54. The highest BCUT2D eigenvalue weighted by molar-refractivity contribution is 6.30. The molecule has 168 valence electrons. The zero-order valence-corrected chi connectivity index (χ0v) is 18.5. The molecular formula is C22H29ClN4O4. The Bertz CT molecular complexity index is 911. The molecule has 1 aromatic heterocycles. The molecule has 1 amide bonds. The molecule has 4 rings (SSSR count). The van der Waals surface area contributed by atoms with E-state index in [1.807, 2.05) is 17.2 Å². The molecule has 2 saturated heterocycles. The van der Waals surface area contributed by atoms with Crippen LogP contribution in [0.1, 0.15) is 24.8 Å². The van der Waals surface area contributed by atoms with Gasteiger partial charge in [-0.1, -0.05) is 17.7 Å². The van der Waals surface area contributed by atoms with Gasteiger partial charge in [0.2, 0.25) is 5.91 Å². The number of methoxy groups -OCH3 is 1. The van der Waals surface area contributed by atoms with Crippen LogP contribution in [0.4, 0.5) is 5.69 Å². The number of piperidine rings is 1. The SMILES string of the molecule is COc1cc(Cl)ccc1CC(=O)N1CCC2(CC1)C[C@@H](Nc1cnn(CCO)c1)CO2. The molecule has 0 unspecified atom stereocenters. The first-order valence-corrected chi connectivity index (χ1v) is 11.0. The summed E-state index contributed by atoms with van der Waals surface area (Å²) in [5.41, 5.74) is 1.61. The van der Waals surface area contributed by atoms with Gasteiger partial charge in [0.25, 0.3) is 0 Å². The summed E-state index contributed by atoms with van der Waals surface area (Å²) < 4.78 is 13.3. The number of amides is 1. The molecule has 2 N–H and O–H groups in total. The lowest BCUT2D eigenvalue weighted by molar-refractivity contribution is -0.135. The fourth-order valence-corrected chi connectivity index (χ4v) is 4.65. The fourth-order valence-electron chi connectivity index (χ4n) is 4.49. The van der Waals surface area contributed by atoms with E-state index in [2.05, 4.69) is 10.4 Å². The Labute approximate surface area is 187 Å². The number of carbonyl (C=O) groups excluding carboxylic acids is 1. The number of ether oxygens (including phenoxy) is 2. The summed E-state index contributed by atoms with van der Waals surface area (Å²) in [5, 5.41) is 17.3. The lowest BCUT2D eigenvalue weighted by atomic mass is 9.87. The van der Waals surface area contributed by atoms with E-state index in [0.717, 1.165) is 30.5 Å². The summed E-state index contributed by atoms with van der Waals surface area (Å²) in [4.78, 5) is 14.8. The summed E-state index contributed by atoms with van der Waals surface area (Å²) in [5.74, 6) is 0.740. The standard InChI is InChI=1S/C22H29ClN4O4/c1-30-20-11-17(23)3-2-16(20)10-21(29)26-6-4-22(5-7-26)12-18(15-31-22)25-19-13-24-27(14-19)8-9-28/h2-3,11,13-14,18,25,28H,4-10,12,15H2,1H3/t18-/m1/s1. The Hall–Kier alpha value is -2.29. The number of aliphatic hydroxyl groups excluding tert-OH is 1. The van der Waals surface area contributed by atoms with E-state index in [9.17, 15) is 4.79 Å². The second-order valence-corrected chi connectivity index (χ2v) is 8.71. The van der Waals surface area contributed by atoms with Crippen LogP contribution in [0, 0.1) is 0 Å². The van der Waals surface area contributed by atoms with Crippen LogP contribution in [0.5, 0.6) is 5.75 Å². The number of likely N-dealkylation sites (tertiary alicyclic amines) is 1. The highest BCUT2D eigenvalue weighted by atomic mass is 35.5. The zero-order chi connectivity index (χ0) is 21.8. The molecule has 3 heterocycles. The van der Waals surface area contributed by atoms with Crippen molar-refractivity contribution in [1.29, 1.82) is 0 Å². The molecule has 8 nitrogen and oxygen atoms in total. The average molecular weight is 449 g/mol. The van der Waals surface area contributed by atoms with Crippen molar-refractivity contribution in [1.82, 2.24) is 14.7 Å². The molecule has 2 aliphatic rings. The van der Waals surface area contributed by atoms with Crippen LogP contribution in [0.2, 0.25) is 5.02 Å². The summed E-state index contributed by atoms with van der Waals surface area (Å²) in [7, 11) is 1.59. The second kappa shape index (κ2) is 9.46. The maximum absolute atomic E-state index is 12.8. The Kier molecular flexibility index (Phi) is 6.69. The maximum Gasteiger partial charge on any atom is 0.227 e. The predicted octanol–water partition coefficient (Wildman–Crippen LogP) is 2.34. The Morgan fingerprint density at radius 3 is 2.97 bits per heavy atom. The topological polar surface area (TPSA) is 88.9 Å². The number of halogens is 1.